The summed E-state index contributed by atoms with van der Waals surface area (Å²) in [4.78, 5) is 11.7. The van der Waals surface area contributed by atoms with Crippen molar-refractivity contribution in [2.45, 2.75) is 19.3 Å². The van der Waals surface area contributed by atoms with Crippen LogP contribution in [-0.2, 0) is 0 Å². The Balaban J connectivity index is 2.60. The molecule has 2 nitrogen and oxygen atoms in total. The smallest absolute Gasteiger partial charge is 0.163 e. The number of ether oxygens (including phenoxy) is 1. The first-order valence-corrected chi connectivity index (χ1v) is 5.06. The van der Waals surface area contributed by atoms with E-state index in [0.717, 1.165) is 24.2 Å². The quantitative estimate of drug-likeness (QED) is 0.404. The van der Waals surface area contributed by atoms with E-state index in [1.54, 1.807) is 13.2 Å². The lowest BCUT2D eigenvalue weighted by molar-refractivity contribution is 0.0980. The van der Waals surface area contributed by atoms with Crippen molar-refractivity contribution in [2.24, 2.45) is 0 Å². The fraction of sp³-hybridized carbons (Fsp3) is 0.308. The van der Waals surface area contributed by atoms with Crippen LogP contribution >= 0.6 is 0 Å². The van der Waals surface area contributed by atoms with E-state index in [-0.39, 0.29) is 5.78 Å². The average molecular weight is 204 g/mol. The highest BCUT2D eigenvalue weighted by molar-refractivity contribution is 5.96. The highest BCUT2D eigenvalue weighted by Crippen LogP contribution is 2.15. The lowest BCUT2D eigenvalue weighted by atomic mass is 10.1. The Morgan fingerprint density at radius 1 is 1.53 bits per heavy atom. The Morgan fingerprint density at radius 2 is 2.33 bits per heavy atom. The molecule has 0 unspecified atom stereocenters. The second-order valence-corrected chi connectivity index (χ2v) is 3.34. The maximum absolute atomic E-state index is 11.7. The molecule has 0 aliphatic heterocycles. The number of ketones is 1. The van der Waals surface area contributed by atoms with Gasteiger partial charge >= 0.3 is 0 Å². The fourth-order valence-electron chi connectivity index (χ4n) is 1.35. The summed E-state index contributed by atoms with van der Waals surface area (Å²) in [5.41, 5.74) is 0.721. The van der Waals surface area contributed by atoms with Gasteiger partial charge in [-0.05, 0) is 25.0 Å². The lowest BCUT2D eigenvalue weighted by Gasteiger charge is -2.03. The molecule has 0 aliphatic carbocycles. The molecule has 0 amide bonds. The molecule has 80 valence electrons. The Bertz CT molecular complexity index is 342. The van der Waals surface area contributed by atoms with E-state index in [0.29, 0.717) is 6.42 Å². The van der Waals surface area contributed by atoms with E-state index in [2.05, 4.69) is 6.58 Å². The zero-order chi connectivity index (χ0) is 11.1. The van der Waals surface area contributed by atoms with Crippen LogP contribution in [0.1, 0.15) is 29.6 Å². The second kappa shape index (κ2) is 6.02. The third-order valence-electron chi connectivity index (χ3n) is 2.20. The number of unbranched alkanes of at least 4 members (excludes halogenated alkanes) is 1. The number of hydrogen-bond donors (Lipinski definition) is 0. The van der Waals surface area contributed by atoms with Gasteiger partial charge in [0, 0.05) is 12.0 Å². The van der Waals surface area contributed by atoms with Crippen molar-refractivity contribution in [3.63, 3.8) is 0 Å². The number of methoxy groups -OCH3 is 1. The zero-order valence-corrected chi connectivity index (χ0v) is 9.03. The maximum Gasteiger partial charge on any atom is 0.163 e. The summed E-state index contributed by atoms with van der Waals surface area (Å²) in [6.45, 7) is 3.63. The molecule has 0 spiro atoms. The molecule has 0 saturated heterocycles. The Labute approximate surface area is 90.6 Å². The predicted octanol–water partition coefficient (Wildman–Crippen LogP) is 3.23. The fourth-order valence-corrected chi connectivity index (χ4v) is 1.35. The Morgan fingerprint density at radius 3 is 3.00 bits per heavy atom. The second-order valence-electron chi connectivity index (χ2n) is 3.34. The SMILES string of the molecule is C=CCCCC(=O)c1cccc(OC)c1. The molecule has 2 heteroatoms. The van der Waals surface area contributed by atoms with E-state index in [1.807, 2.05) is 24.3 Å². The molecule has 1 aromatic carbocycles. The van der Waals surface area contributed by atoms with Crippen LogP contribution in [0.4, 0.5) is 0 Å². The van der Waals surface area contributed by atoms with Crippen LogP contribution in [0.25, 0.3) is 0 Å². The van der Waals surface area contributed by atoms with Gasteiger partial charge in [0.25, 0.3) is 0 Å². The van der Waals surface area contributed by atoms with Gasteiger partial charge in [-0.3, -0.25) is 4.79 Å². The predicted molar refractivity (Wildman–Crippen MR) is 61.4 cm³/mol. The van der Waals surface area contributed by atoms with Gasteiger partial charge in [0.05, 0.1) is 7.11 Å². The third kappa shape index (κ3) is 3.58. The summed E-state index contributed by atoms with van der Waals surface area (Å²) in [6, 6.07) is 7.26. The number of allylic oxidation sites excluding steroid dienone is 1. The van der Waals surface area contributed by atoms with Crippen LogP contribution in [0.2, 0.25) is 0 Å². The Kier molecular flexibility index (Phi) is 4.61. The van der Waals surface area contributed by atoms with E-state index < -0.39 is 0 Å². The molecule has 1 aromatic rings. The van der Waals surface area contributed by atoms with Crippen LogP contribution < -0.4 is 4.74 Å². The van der Waals surface area contributed by atoms with Crippen molar-refractivity contribution in [3.05, 3.63) is 42.5 Å². The van der Waals surface area contributed by atoms with Crippen molar-refractivity contribution in [1.29, 1.82) is 0 Å². The molecule has 0 saturated carbocycles. The zero-order valence-electron chi connectivity index (χ0n) is 9.03. The van der Waals surface area contributed by atoms with E-state index >= 15 is 0 Å². The molecule has 0 fully saturated rings. The maximum atomic E-state index is 11.7. The minimum absolute atomic E-state index is 0.163. The van der Waals surface area contributed by atoms with Gasteiger partial charge < -0.3 is 4.74 Å². The normalized spacial score (nSPS) is 9.67. The van der Waals surface area contributed by atoms with Crippen LogP contribution in [0.3, 0.4) is 0 Å². The molecule has 0 aromatic heterocycles. The molecule has 0 bridgehead atoms. The van der Waals surface area contributed by atoms with Gasteiger partial charge in [-0.2, -0.15) is 0 Å². The van der Waals surface area contributed by atoms with Crippen molar-refractivity contribution in [2.75, 3.05) is 7.11 Å². The van der Waals surface area contributed by atoms with Crippen molar-refractivity contribution in [1.82, 2.24) is 0 Å². The minimum Gasteiger partial charge on any atom is -0.497 e. The van der Waals surface area contributed by atoms with Crippen LogP contribution in [-0.4, -0.2) is 12.9 Å². The topological polar surface area (TPSA) is 26.3 Å². The number of Topliss-reactive ketones (excluding diaryl/α,β-unsaturated/α-hetero) is 1. The average Bonchev–Trinajstić information content (AvgIpc) is 2.29. The van der Waals surface area contributed by atoms with Crippen molar-refractivity contribution < 1.29 is 9.53 Å². The Hall–Kier alpha value is -1.57. The summed E-state index contributed by atoms with van der Waals surface area (Å²) in [6.07, 6.45) is 4.15. The summed E-state index contributed by atoms with van der Waals surface area (Å²) in [5, 5.41) is 0. The van der Waals surface area contributed by atoms with Gasteiger partial charge in [-0.1, -0.05) is 18.2 Å². The molecule has 0 N–H and O–H groups in total. The first-order chi connectivity index (χ1) is 7.27. The third-order valence-corrected chi connectivity index (χ3v) is 2.20. The summed E-state index contributed by atoms with van der Waals surface area (Å²) >= 11 is 0. The van der Waals surface area contributed by atoms with Gasteiger partial charge in [0.2, 0.25) is 0 Å². The first-order valence-electron chi connectivity index (χ1n) is 5.06. The molecule has 0 aliphatic rings. The standard InChI is InChI=1S/C13H16O2/c1-3-4-5-9-13(14)11-7-6-8-12(10-11)15-2/h3,6-8,10H,1,4-5,9H2,2H3. The van der Waals surface area contributed by atoms with Gasteiger partial charge in [-0.25, -0.2) is 0 Å². The number of hydrogen-bond acceptors (Lipinski definition) is 2. The van der Waals surface area contributed by atoms with Crippen molar-refractivity contribution >= 4 is 5.78 Å². The lowest BCUT2D eigenvalue weighted by Crippen LogP contribution is -1.98. The number of benzene rings is 1. The number of carbonyl (C=O) groups excluding carboxylic acids is 1. The van der Waals surface area contributed by atoms with Crippen molar-refractivity contribution in [3.8, 4) is 5.75 Å². The largest absolute Gasteiger partial charge is 0.497 e. The molecular weight excluding hydrogens is 188 g/mol. The van der Waals surface area contributed by atoms with Crippen LogP contribution in [0, 0.1) is 0 Å². The van der Waals surface area contributed by atoms with E-state index in [4.69, 9.17) is 4.74 Å². The van der Waals surface area contributed by atoms with Gasteiger partial charge in [0.1, 0.15) is 5.75 Å². The first kappa shape index (κ1) is 11.5. The summed E-state index contributed by atoms with van der Waals surface area (Å²) in [5.74, 6) is 0.889. The molecule has 1 rings (SSSR count). The molecule has 0 atom stereocenters. The summed E-state index contributed by atoms with van der Waals surface area (Å²) in [7, 11) is 1.60. The van der Waals surface area contributed by atoms with Gasteiger partial charge in [0.15, 0.2) is 5.78 Å². The number of carbonyl (C=O) groups is 1. The highest BCUT2D eigenvalue weighted by atomic mass is 16.5. The summed E-state index contributed by atoms with van der Waals surface area (Å²) < 4.78 is 5.06. The van der Waals surface area contributed by atoms with Crippen LogP contribution in [0.15, 0.2) is 36.9 Å². The number of rotatable bonds is 6. The van der Waals surface area contributed by atoms with E-state index in [9.17, 15) is 4.79 Å². The highest BCUT2D eigenvalue weighted by Gasteiger charge is 2.05. The molecular formula is C13H16O2. The molecule has 15 heavy (non-hydrogen) atoms. The van der Waals surface area contributed by atoms with Gasteiger partial charge in [-0.15, -0.1) is 6.58 Å². The van der Waals surface area contributed by atoms with E-state index in [1.165, 1.54) is 0 Å². The minimum atomic E-state index is 0.163. The molecule has 0 heterocycles. The molecule has 0 radical (unpaired) electrons. The van der Waals surface area contributed by atoms with Crippen LogP contribution in [0.5, 0.6) is 5.75 Å². The monoisotopic (exact) mass is 204 g/mol.